The third-order valence-corrected chi connectivity index (χ3v) is 4.48. The Labute approximate surface area is 140 Å². The molecule has 0 aliphatic carbocycles. The van der Waals surface area contributed by atoms with Gasteiger partial charge in [-0.2, -0.15) is 0 Å². The number of anilines is 2. The smallest absolute Gasteiger partial charge is 0.140 e. The summed E-state index contributed by atoms with van der Waals surface area (Å²) in [5.41, 5.74) is 3.39. The quantitative estimate of drug-likeness (QED) is 0.671. The topological polar surface area (TPSA) is 38.2 Å². The van der Waals surface area contributed by atoms with Gasteiger partial charge in [0.1, 0.15) is 10.8 Å². The van der Waals surface area contributed by atoms with Crippen LogP contribution in [-0.4, -0.2) is 16.7 Å². The number of hydrogen-bond donors (Lipinski definition) is 0. The molecule has 0 atom stereocenters. The zero-order chi connectivity index (χ0) is 16.1. The Morgan fingerprint density at radius 1 is 1.04 bits per heavy atom. The van der Waals surface area contributed by atoms with E-state index in [-0.39, 0.29) is 0 Å². The maximum Gasteiger partial charge on any atom is 0.140 e. The second-order valence-electron chi connectivity index (χ2n) is 5.15. The molecule has 3 rings (SSSR count). The Kier molecular flexibility index (Phi) is 4.88. The van der Waals surface area contributed by atoms with Gasteiger partial charge in [0.15, 0.2) is 0 Å². The number of hydrogen-bond acceptors (Lipinski definition) is 5. The van der Waals surface area contributed by atoms with E-state index in [4.69, 9.17) is 4.74 Å². The van der Waals surface area contributed by atoms with Crippen molar-refractivity contribution in [3.8, 4) is 5.75 Å². The van der Waals surface area contributed by atoms with Crippen LogP contribution in [0.4, 0.5) is 10.7 Å². The van der Waals surface area contributed by atoms with Crippen molar-refractivity contribution in [2.24, 2.45) is 0 Å². The maximum atomic E-state index is 5.26. The number of aromatic nitrogens is 2. The average molecular weight is 325 g/mol. The third kappa shape index (κ3) is 3.51. The van der Waals surface area contributed by atoms with Crippen molar-refractivity contribution in [1.29, 1.82) is 0 Å². The van der Waals surface area contributed by atoms with Gasteiger partial charge in [-0.3, -0.25) is 0 Å². The highest BCUT2D eigenvalue weighted by Crippen LogP contribution is 2.33. The second-order valence-corrected chi connectivity index (χ2v) is 5.88. The van der Waals surface area contributed by atoms with Gasteiger partial charge >= 0.3 is 0 Å². The van der Waals surface area contributed by atoms with Crippen molar-refractivity contribution >= 4 is 22.2 Å². The average Bonchev–Trinajstić information content (AvgIpc) is 3.09. The van der Waals surface area contributed by atoms with Gasteiger partial charge in [0, 0.05) is 23.8 Å². The number of methoxy groups -OCH3 is 1. The molecule has 0 aliphatic rings. The SMILES string of the molecule is CCc1nnsc1N(Cc1ccccc1)c1ccc(OC)cc1. The van der Waals surface area contributed by atoms with Crippen molar-refractivity contribution in [3.05, 3.63) is 65.9 Å². The monoisotopic (exact) mass is 325 g/mol. The summed E-state index contributed by atoms with van der Waals surface area (Å²) in [7, 11) is 1.68. The van der Waals surface area contributed by atoms with Crippen LogP contribution in [0.3, 0.4) is 0 Å². The molecular weight excluding hydrogens is 306 g/mol. The van der Waals surface area contributed by atoms with Crippen molar-refractivity contribution in [2.75, 3.05) is 12.0 Å². The molecule has 5 heteroatoms. The summed E-state index contributed by atoms with van der Waals surface area (Å²) in [6.07, 6.45) is 0.868. The van der Waals surface area contributed by atoms with E-state index < -0.39 is 0 Å². The van der Waals surface area contributed by atoms with Crippen LogP contribution in [0, 0.1) is 0 Å². The van der Waals surface area contributed by atoms with Crippen molar-refractivity contribution in [3.63, 3.8) is 0 Å². The summed E-state index contributed by atoms with van der Waals surface area (Å²) in [6.45, 7) is 2.89. The molecule has 2 aromatic carbocycles. The van der Waals surface area contributed by atoms with Gasteiger partial charge in [0.2, 0.25) is 0 Å². The van der Waals surface area contributed by atoms with Gasteiger partial charge < -0.3 is 9.64 Å². The fraction of sp³-hybridized carbons (Fsp3) is 0.222. The van der Waals surface area contributed by atoms with Gasteiger partial charge in [-0.1, -0.05) is 41.7 Å². The van der Waals surface area contributed by atoms with E-state index >= 15 is 0 Å². The largest absolute Gasteiger partial charge is 0.497 e. The Bertz CT molecular complexity index is 740. The first-order chi connectivity index (χ1) is 11.3. The predicted octanol–water partition coefficient (Wildman–Crippen LogP) is 4.45. The molecule has 3 aromatic rings. The lowest BCUT2D eigenvalue weighted by Crippen LogP contribution is -2.16. The van der Waals surface area contributed by atoms with Crippen molar-refractivity contribution in [2.45, 2.75) is 19.9 Å². The molecule has 4 nitrogen and oxygen atoms in total. The van der Waals surface area contributed by atoms with Gasteiger partial charge in [0.25, 0.3) is 0 Å². The lowest BCUT2D eigenvalue weighted by atomic mass is 10.2. The van der Waals surface area contributed by atoms with Gasteiger partial charge in [-0.05, 0) is 36.2 Å². The molecule has 1 heterocycles. The zero-order valence-corrected chi connectivity index (χ0v) is 14.1. The fourth-order valence-corrected chi connectivity index (χ4v) is 3.22. The molecule has 0 amide bonds. The van der Waals surface area contributed by atoms with Crippen LogP contribution in [0.1, 0.15) is 18.2 Å². The minimum absolute atomic E-state index is 0.782. The summed E-state index contributed by atoms with van der Waals surface area (Å²) in [5, 5.41) is 5.36. The van der Waals surface area contributed by atoms with E-state index in [0.29, 0.717) is 0 Å². The number of benzene rings is 2. The number of nitrogens with zero attached hydrogens (tertiary/aromatic N) is 3. The number of aryl methyl sites for hydroxylation is 1. The molecule has 0 spiro atoms. The van der Waals surface area contributed by atoms with Crippen LogP contribution in [0.25, 0.3) is 0 Å². The van der Waals surface area contributed by atoms with Crippen LogP contribution >= 0.6 is 11.5 Å². The van der Waals surface area contributed by atoms with E-state index in [1.54, 1.807) is 7.11 Å². The minimum atomic E-state index is 0.782. The fourth-order valence-electron chi connectivity index (χ4n) is 2.44. The highest BCUT2D eigenvalue weighted by Gasteiger charge is 2.17. The molecule has 118 valence electrons. The summed E-state index contributed by atoms with van der Waals surface area (Å²) < 4.78 is 9.40. The lowest BCUT2D eigenvalue weighted by Gasteiger charge is -2.24. The van der Waals surface area contributed by atoms with Crippen molar-refractivity contribution < 1.29 is 4.74 Å². The first kappa shape index (κ1) is 15.5. The summed E-state index contributed by atoms with van der Waals surface area (Å²) in [5.74, 6) is 0.853. The predicted molar refractivity (Wildman–Crippen MR) is 94.6 cm³/mol. The second kappa shape index (κ2) is 7.24. The van der Waals surface area contributed by atoms with Crippen LogP contribution in [0.2, 0.25) is 0 Å². The number of ether oxygens (including phenoxy) is 1. The molecule has 0 fully saturated rings. The third-order valence-electron chi connectivity index (χ3n) is 3.68. The molecular formula is C18H19N3OS. The van der Waals surface area contributed by atoms with Crippen molar-refractivity contribution in [1.82, 2.24) is 9.59 Å². The molecule has 0 bridgehead atoms. The summed E-state index contributed by atoms with van der Waals surface area (Å²) in [4.78, 5) is 2.26. The highest BCUT2D eigenvalue weighted by molar-refractivity contribution is 7.10. The molecule has 0 N–H and O–H groups in total. The Morgan fingerprint density at radius 2 is 1.78 bits per heavy atom. The van der Waals surface area contributed by atoms with Crippen LogP contribution in [0.5, 0.6) is 5.75 Å². The molecule has 0 saturated carbocycles. The Balaban J connectivity index is 1.98. The van der Waals surface area contributed by atoms with Gasteiger partial charge in [-0.25, -0.2) is 0 Å². The normalized spacial score (nSPS) is 10.5. The van der Waals surface area contributed by atoms with Gasteiger partial charge in [-0.15, -0.1) is 5.10 Å². The van der Waals surface area contributed by atoms with E-state index in [1.807, 2.05) is 18.2 Å². The standard InChI is InChI=1S/C18H19N3OS/c1-3-17-18(23-20-19-17)21(13-14-7-5-4-6-8-14)15-9-11-16(22-2)12-10-15/h4-12H,3,13H2,1-2H3. The zero-order valence-electron chi connectivity index (χ0n) is 13.3. The van der Waals surface area contributed by atoms with Gasteiger partial charge in [0.05, 0.1) is 12.8 Å². The van der Waals surface area contributed by atoms with Crippen LogP contribution in [-0.2, 0) is 13.0 Å². The molecule has 1 aromatic heterocycles. The molecule has 0 aliphatic heterocycles. The Morgan fingerprint density at radius 3 is 2.43 bits per heavy atom. The number of rotatable bonds is 6. The summed E-state index contributed by atoms with van der Waals surface area (Å²) in [6, 6.07) is 18.5. The summed E-state index contributed by atoms with van der Waals surface area (Å²) >= 11 is 1.44. The molecule has 0 radical (unpaired) electrons. The molecule has 0 saturated heterocycles. The Hall–Kier alpha value is -2.40. The van der Waals surface area contributed by atoms with E-state index in [1.165, 1.54) is 17.1 Å². The van der Waals surface area contributed by atoms with Crippen LogP contribution < -0.4 is 9.64 Å². The maximum absolute atomic E-state index is 5.26. The molecule has 0 unspecified atom stereocenters. The van der Waals surface area contributed by atoms with E-state index in [2.05, 4.69) is 57.8 Å². The lowest BCUT2D eigenvalue weighted by molar-refractivity contribution is 0.415. The minimum Gasteiger partial charge on any atom is -0.497 e. The molecule has 23 heavy (non-hydrogen) atoms. The first-order valence-electron chi connectivity index (χ1n) is 7.58. The van der Waals surface area contributed by atoms with E-state index in [0.717, 1.165) is 35.1 Å². The first-order valence-corrected chi connectivity index (χ1v) is 8.36. The van der Waals surface area contributed by atoms with Crippen LogP contribution in [0.15, 0.2) is 54.6 Å². The highest BCUT2D eigenvalue weighted by atomic mass is 32.1. The van der Waals surface area contributed by atoms with E-state index in [9.17, 15) is 0 Å².